The lowest BCUT2D eigenvalue weighted by Crippen LogP contribution is -2.37. The van der Waals surface area contributed by atoms with Crippen molar-refractivity contribution < 1.29 is 0 Å². The van der Waals surface area contributed by atoms with Crippen LogP contribution >= 0.6 is 0 Å². The Labute approximate surface area is 129 Å². The summed E-state index contributed by atoms with van der Waals surface area (Å²) in [4.78, 5) is 6.97. The minimum Gasteiger partial charge on any atom is -0.372 e. The smallest absolute Gasteiger partial charge is 0.0562 e. The van der Waals surface area contributed by atoms with Crippen LogP contribution < -0.4 is 10.2 Å². The lowest BCUT2D eigenvalue weighted by molar-refractivity contribution is 0.222. The Morgan fingerprint density at radius 1 is 1.24 bits per heavy atom. The third kappa shape index (κ3) is 3.97. The average molecular weight is 287 g/mol. The molecule has 21 heavy (non-hydrogen) atoms. The molecular formula is C18H29N3. The van der Waals surface area contributed by atoms with E-state index in [1.165, 1.54) is 49.9 Å². The number of rotatable bonds is 5. The first-order valence-corrected chi connectivity index (χ1v) is 8.45. The minimum atomic E-state index is 0.537. The van der Waals surface area contributed by atoms with Gasteiger partial charge in [-0.05, 0) is 56.1 Å². The van der Waals surface area contributed by atoms with Gasteiger partial charge in [-0.25, -0.2) is 0 Å². The van der Waals surface area contributed by atoms with Gasteiger partial charge in [0.05, 0.1) is 5.69 Å². The Hall–Kier alpha value is -1.09. The van der Waals surface area contributed by atoms with Crippen LogP contribution in [0.2, 0.25) is 0 Å². The van der Waals surface area contributed by atoms with Gasteiger partial charge >= 0.3 is 0 Å². The molecule has 2 fully saturated rings. The number of pyridine rings is 1. The quantitative estimate of drug-likeness (QED) is 0.894. The molecular weight excluding hydrogens is 258 g/mol. The van der Waals surface area contributed by atoms with Gasteiger partial charge in [0.15, 0.2) is 0 Å². The van der Waals surface area contributed by atoms with Crippen LogP contribution in [0, 0.1) is 5.41 Å². The molecule has 2 saturated carbocycles. The van der Waals surface area contributed by atoms with Crippen LogP contribution in [0.3, 0.4) is 0 Å². The Balaban J connectivity index is 1.60. The highest BCUT2D eigenvalue weighted by Gasteiger charge is 2.29. The molecule has 1 heterocycles. The minimum absolute atomic E-state index is 0.537. The molecule has 1 aromatic rings. The molecule has 116 valence electrons. The highest BCUT2D eigenvalue weighted by Crippen LogP contribution is 2.37. The fourth-order valence-electron chi connectivity index (χ4n) is 3.30. The summed E-state index contributed by atoms with van der Waals surface area (Å²) < 4.78 is 0. The van der Waals surface area contributed by atoms with E-state index in [0.717, 1.165) is 12.6 Å². The van der Waals surface area contributed by atoms with Crippen LogP contribution in [0.1, 0.15) is 58.1 Å². The van der Waals surface area contributed by atoms with E-state index >= 15 is 0 Å². The van der Waals surface area contributed by atoms with Gasteiger partial charge in [0.2, 0.25) is 0 Å². The van der Waals surface area contributed by atoms with E-state index in [2.05, 4.69) is 48.2 Å². The van der Waals surface area contributed by atoms with Crippen molar-refractivity contribution in [3.8, 4) is 0 Å². The van der Waals surface area contributed by atoms with E-state index in [9.17, 15) is 0 Å². The molecule has 0 unspecified atom stereocenters. The second-order valence-electron chi connectivity index (χ2n) is 7.67. The van der Waals surface area contributed by atoms with Crippen LogP contribution in [-0.2, 0) is 6.54 Å². The Bertz CT molecular complexity index is 469. The van der Waals surface area contributed by atoms with E-state index in [1.54, 1.807) is 0 Å². The summed E-state index contributed by atoms with van der Waals surface area (Å²) >= 11 is 0. The molecule has 2 aliphatic rings. The van der Waals surface area contributed by atoms with Crippen molar-refractivity contribution in [1.29, 1.82) is 0 Å². The largest absolute Gasteiger partial charge is 0.372 e. The number of aromatic nitrogens is 1. The monoisotopic (exact) mass is 287 g/mol. The van der Waals surface area contributed by atoms with Crippen molar-refractivity contribution in [3.05, 3.63) is 24.0 Å². The molecule has 0 spiro atoms. The molecule has 0 bridgehead atoms. The lowest BCUT2D eigenvalue weighted by Gasteiger charge is -2.39. The standard InChI is InChI=1S/C18H29N3/c1-18(2)9-6-16(7-10-18)21(3)17-8-11-19-15(12-17)13-20-14-4-5-14/h8,11-12,14,16,20H,4-7,9-10,13H2,1-3H3. The molecule has 0 aliphatic heterocycles. The Kier molecular flexibility index (Phi) is 4.21. The van der Waals surface area contributed by atoms with Crippen LogP contribution in [-0.4, -0.2) is 24.1 Å². The summed E-state index contributed by atoms with van der Waals surface area (Å²) in [5.41, 5.74) is 3.03. The number of nitrogens with one attached hydrogen (secondary N) is 1. The molecule has 0 amide bonds. The molecule has 0 radical (unpaired) electrons. The SMILES string of the molecule is CN(c1ccnc(CNC2CC2)c1)C1CCC(C)(C)CC1. The molecule has 1 N–H and O–H groups in total. The van der Waals surface area contributed by atoms with Crippen LogP contribution in [0.15, 0.2) is 18.3 Å². The van der Waals surface area contributed by atoms with E-state index in [4.69, 9.17) is 0 Å². The van der Waals surface area contributed by atoms with Gasteiger partial charge < -0.3 is 10.2 Å². The number of anilines is 1. The summed E-state index contributed by atoms with van der Waals surface area (Å²) in [6.07, 6.45) is 9.91. The van der Waals surface area contributed by atoms with Gasteiger partial charge in [0.25, 0.3) is 0 Å². The fourth-order valence-corrected chi connectivity index (χ4v) is 3.30. The second kappa shape index (κ2) is 5.96. The van der Waals surface area contributed by atoms with Crippen molar-refractivity contribution >= 4 is 5.69 Å². The molecule has 3 rings (SSSR count). The summed E-state index contributed by atoms with van der Waals surface area (Å²) in [5.74, 6) is 0. The van der Waals surface area contributed by atoms with Crippen LogP contribution in [0.25, 0.3) is 0 Å². The molecule has 0 atom stereocenters. The number of hydrogen-bond acceptors (Lipinski definition) is 3. The van der Waals surface area contributed by atoms with Crippen LogP contribution in [0.4, 0.5) is 5.69 Å². The van der Waals surface area contributed by atoms with Gasteiger partial charge in [0.1, 0.15) is 0 Å². The van der Waals surface area contributed by atoms with Gasteiger partial charge in [-0.2, -0.15) is 0 Å². The average Bonchev–Trinajstić information content (AvgIpc) is 3.29. The van der Waals surface area contributed by atoms with E-state index < -0.39 is 0 Å². The van der Waals surface area contributed by atoms with Crippen LogP contribution in [0.5, 0.6) is 0 Å². The zero-order valence-electron chi connectivity index (χ0n) is 13.7. The van der Waals surface area contributed by atoms with Gasteiger partial charge in [-0.15, -0.1) is 0 Å². The molecule has 0 saturated heterocycles. The predicted molar refractivity (Wildman–Crippen MR) is 88.5 cm³/mol. The van der Waals surface area contributed by atoms with Crippen molar-refractivity contribution in [2.75, 3.05) is 11.9 Å². The van der Waals surface area contributed by atoms with E-state index in [0.29, 0.717) is 11.5 Å². The van der Waals surface area contributed by atoms with Crippen molar-refractivity contribution in [1.82, 2.24) is 10.3 Å². The van der Waals surface area contributed by atoms with Gasteiger partial charge in [0, 0.05) is 37.6 Å². The molecule has 3 heteroatoms. The summed E-state index contributed by atoms with van der Waals surface area (Å²) in [5, 5.41) is 3.55. The van der Waals surface area contributed by atoms with Gasteiger partial charge in [-0.1, -0.05) is 13.8 Å². The molecule has 2 aliphatic carbocycles. The predicted octanol–water partition coefficient (Wildman–Crippen LogP) is 3.74. The van der Waals surface area contributed by atoms with E-state index in [-0.39, 0.29) is 0 Å². The van der Waals surface area contributed by atoms with Crippen molar-refractivity contribution in [2.45, 2.75) is 71.0 Å². The highest BCUT2D eigenvalue weighted by molar-refractivity contribution is 5.46. The summed E-state index contributed by atoms with van der Waals surface area (Å²) in [7, 11) is 2.25. The second-order valence-corrected chi connectivity index (χ2v) is 7.67. The normalized spacial score (nSPS) is 22.2. The topological polar surface area (TPSA) is 28.2 Å². The first-order chi connectivity index (χ1) is 10.0. The number of nitrogens with zero attached hydrogens (tertiary/aromatic N) is 2. The summed E-state index contributed by atoms with van der Waals surface area (Å²) in [6, 6.07) is 5.84. The maximum atomic E-state index is 4.50. The van der Waals surface area contributed by atoms with E-state index in [1.807, 2.05) is 6.20 Å². The Morgan fingerprint density at radius 2 is 1.95 bits per heavy atom. The first-order valence-electron chi connectivity index (χ1n) is 8.45. The van der Waals surface area contributed by atoms with Crippen molar-refractivity contribution in [2.24, 2.45) is 5.41 Å². The molecule has 0 aromatic carbocycles. The lowest BCUT2D eigenvalue weighted by atomic mass is 9.75. The zero-order valence-corrected chi connectivity index (χ0v) is 13.7. The summed E-state index contributed by atoms with van der Waals surface area (Å²) in [6.45, 7) is 5.71. The Morgan fingerprint density at radius 3 is 2.62 bits per heavy atom. The van der Waals surface area contributed by atoms with Crippen molar-refractivity contribution in [3.63, 3.8) is 0 Å². The maximum Gasteiger partial charge on any atom is 0.0562 e. The third-order valence-corrected chi connectivity index (χ3v) is 5.21. The first kappa shape index (κ1) is 14.8. The molecule has 1 aromatic heterocycles. The maximum absolute atomic E-state index is 4.50. The highest BCUT2D eigenvalue weighted by atomic mass is 15.1. The zero-order chi connectivity index (χ0) is 14.9. The molecule has 3 nitrogen and oxygen atoms in total. The fraction of sp³-hybridized carbons (Fsp3) is 0.722. The third-order valence-electron chi connectivity index (χ3n) is 5.21. The number of hydrogen-bond donors (Lipinski definition) is 1. The van der Waals surface area contributed by atoms with Gasteiger partial charge in [-0.3, -0.25) is 4.98 Å².